The molecule has 170 valence electrons. The molecule has 1 aliphatic heterocycles. The number of benzene rings is 1. The molecular formula is C22H30F3N5O. The van der Waals surface area contributed by atoms with Gasteiger partial charge in [-0.3, -0.25) is 4.99 Å². The van der Waals surface area contributed by atoms with Gasteiger partial charge in [0.15, 0.2) is 5.96 Å². The maximum absolute atomic E-state index is 13.3. The minimum absolute atomic E-state index is 0.140. The second-order valence-corrected chi connectivity index (χ2v) is 7.87. The number of hydrogen-bond acceptors (Lipinski definition) is 4. The molecule has 3 rings (SSSR count). The van der Waals surface area contributed by atoms with Gasteiger partial charge in [-0.25, -0.2) is 0 Å². The third-order valence-corrected chi connectivity index (χ3v) is 5.46. The third-order valence-electron chi connectivity index (χ3n) is 5.46. The van der Waals surface area contributed by atoms with Crippen LogP contribution in [-0.4, -0.2) is 51.1 Å². The Kier molecular flexibility index (Phi) is 7.15. The molecule has 1 atom stereocenters. The maximum Gasteiger partial charge on any atom is 0.416 e. The van der Waals surface area contributed by atoms with E-state index in [2.05, 4.69) is 25.4 Å². The number of nitrogens with one attached hydrogen (secondary N) is 2. The molecule has 0 saturated carbocycles. The van der Waals surface area contributed by atoms with Crippen molar-refractivity contribution in [2.75, 3.05) is 45.2 Å². The van der Waals surface area contributed by atoms with E-state index in [-0.39, 0.29) is 12.6 Å². The number of aliphatic imine (C=N–C) groups is 1. The molecule has 2 aromatic rings. The Morgan fingerprint density at radius 2 is 1.87 bits per heavy atom. The second kappa shape index (κ2) is 9.64. The van der Waals surface area contributed by atoms with E-state index < -0.39 is 11.7 Å². The fourth-order valence-corrected chi connectivity index (χ4v) is 3.60. The zero-order valence-electron chi connectivity index (χ0n) is 18.4. The number of guanidine groups is 1. The van der Waals surface area contributed by atoms with Crippen LogP contribution in [0, 0.1) is 6.92 Å². The Bertz CT molecular complexity index is 901. The van der Waals surface area contributed by atoms with Gasteiger partial charge in [0.25, 0.3) is 0 Å². The average molecular weight is 438 g/mol. The molecule has 0 amide bonds. The zero-order valence-corrected chi connectivity index (χ0v) is 18.4. The summed E-state index contributed by atoms with van der Waals surface area (Å²) in [6.45, 7) is 7.32. The van der Waals surface area contributed by atoms with Gasteiger partial charge in [-0.05, 0) is 56.8 Å². The number of halogens is 3. The fraction of sp³-hybridized carbons (Fsp3) is 0.500. The lowest BCUT2D eigenvalue weighted by Gasteiger charge is -2.35. The van der Waals surface area contributed by atoms with Gasteiger partial charge in [0, 0.05) is 45.5 Å². The average Bonchev–Trinajstić information content (AvgIpc) is 3.17. The van der Waals surface area contributed by atoms with Crippen molar-refractivity contribution in [3.63, 3.8) is 0 Å². The molecule has 0 radical (unpaired) electrons. The van der Waals surface area contributed by atoms with Crippen molar-refractivity contribution in [3.05, 3.63) is 53.0 Å². The van der Waals surface area contributed by atoms with Crippen LogP contribution in [0.1, 0.15) is 35.6 Å². The lowest BCUT2D eigenvalue weighted by molar-refractivity contribution is -0.137. The SMILES string of the molecule is CN=C(NCc1cc(C(F)(F)F)ccc1N1CCN(C)CC1)NC(C)c1ccc(C)o1. The summed E-state index contributed by atoms with van der Waals surface area (Å²) in [7, 11) is 3.67. The molecule has 2 N–H and O–H groups in total. The van der Waals surface area contributed by atoms with Crippen molar-refractivity contribution in [1.29, 1.82) is 0 Å². The largest absolute Gasteiger partial charge is 0.464 e. The second-order valence-electron chi connectivity index (χ2n) is 7.87. The quantitative estimate of drug-likeness (QED) is 0.551. The van der Waals surface area contributed by atoms with Crippen LogP contribution in [0.4, 0.5) is 18.9 Å². The molecule has 1 aromatic heterocycles. The Hall–Kier alpha value is -2.68. The predicted octanol–water partition coefficient (Wildman–Crippen LogP) is 3.78. The number of rotatable bonds is 5. The number of piperazine rings is 1. The summed E-state index contributed by atoms with van der Waals surface area (Å²) in [5.74, 6) is 2.06. The number of likely N-dealkylation sites (N-methyl/N-ethyl adjacent to an activating group) is 1. The van der Waals surface area contributed by atoms with Gasteiger partial charge in [-0.1, -0.05) is 0 Å². The first-order valence-corrected chi connectivity index (χ1v) is 10.3. The molecule has 1 aliphatic rings. The Labute approximate surface area is 181 Å². The summed E-state index contributed by atoms with van der Waals surface area (Å²) in [4.78, 5) is 8.56. The van der Waals surface area contributed by atoms with E-state index in [4.69, 9.17) is 4.42 Å². The molecule has 0 spiro atoms. The number of alkyl halides is 3. The highest BCUT2D eigenvalue weighted by Crippen LogP contribution is 2.33. The molecule has 31 heavy (non-hydrogen) atoms. The van der Waals surface area contributed by atoms with Crippen molar-refractivity contribution in [1.82, 2.24) is 15.5 Å². The zero-order chi connectivity index (χ0) is 22.6. The highest BCUT2D eigenvalue weighted by Gasteiger charge is 2.31. The van der Waals surface area contributed by atoms with Gasteiger partial charge in [0.2, 0.25) is 0 Å². The van der Waals surface area contributed by atoms with E-state index in [1.54, 1.807) is 13.1 Å². The summed E-state index contributed by atoms with van der Waals surface area (Å²) in [5.41, 5.74) is 0.757. The van der Waals surface area contributed by atoms with Gasteiger partial charge >= 0.3 is 6.18 Å². The van der Waals surface area contributed by atoms with Crippen molar-refractivity contribution in [2.24, 2.45) is 4.99 Å². The molecule has 9 heteroatoms. The van der Waals surface area contributed by atoms with E-state index in [9.17, 15) is 13.2 Å². The highest BCUT2D eigenvalue weighted by atomic mass is 19.4. The van der Waals surface area contributed by atoms with Gasteiger partial charge in [-0.15, -0.1) is 0 Å². The summed E-state index contributed by atoms with van der Waals surface area (Å²) in [6, 6.07) is 7.60. The van der Waals surface area contributed by atoms with E-state index in [0.717, 1.165) is 49.5 Å². The summed E-state index contributed by atoms with van der Waals surface area (Å²) in [5, 5.41) is 6.37. The Morgan fingerprint density at radius 1 is 1.16 bits per heavy atom. The van der Waals surface area contributed by atoms with Crippen LogP contribution in [0.2, 0.25) is 0 Å². The standard InChI is InChI=1S/C22H30F3N5O/c1-15-5-8-20(31-15)16(2)28-21(26-3)27-14-17-13-18(22(23,24)25)6-7-19(17)30-11-9-29(4)10-12-30/h5-8,13,16H,9-12,14H2,1-4H3,(H2,26,27,28). The topological polar surface area (TPSA) is 56.0 Å². The summed E-state index contributed by atoms with van der Waals surface area (Å²) < 4.78 is 45.6. The van der Waals surface area contributed by atoms with Crippen molar-refractivity contribution in [3.8, 4) is 0 Å². The lowest BCUT2D eigenvalue weighted by atomic mass is 10.1. The first-order valence-electron chi connectivity index (χ1n) is 10.3. The van der Waals surface area contributed by atoms with E-state index in [0.29, 0.717) is 11.5 Å². The molecule has 6 nitrogen and oxygen atoms in total. The van der Waals surface area contributed by atoms with E-state index in [1.807, 2.05) is 33.0 Å². The first kappa shape index (κ1) is 23.0. The Morgan fingerprint density at radius 3 is 2.45 bits per heavy atom. The van der Waals surface area contributed by atoms with Crippen LogP contribution in [-0.2, 0) is 12.7 Å². The van der Waals surface area contributed by atoms with E-state index in [1.165, 1.54) is 6.07 Å². The number of anilines is 1. The summed E-state index contributed by atoms with van der Waals surface area (Å²) in [6.07, 6.45) is -4.39. The number of aryl methyl sites for hydroxylation is 1. The molecular weight excluding hydrogens is 407 g/mol. The first-order chi connectivity index (χ1) is 14.7. The number of hydrogen-bond donors (Lipinski definition) is 2. The van der Waals surface area contributed by atoms with Gasteiger partial charge in [-0.2, -0.15) is 13.2 Å². The smallest absolute Gasteiger partial charge is 0.416 e. The maximum atomic E-state index is 13.3. The minimum Gasteiger partial charge on any atom is -0.464 e. The van der Waals surface area contributed by atoms with Crippen LogP contribution in [0.25, 0.3) is 0 Å². The minimum atomic E-state index is -4.39. The summed E-state index contributed by atoms with van der Waals surface area (Å²) >= 11 is 0. The van der Waals surface area contributed by atoms with Gasteiger partial charge in [0.05, 0.1) is 11.6 Å². The highest BCUT2D eigenvalue weighted by molar-refractivity contribution is 5.80. The normalized spacial score (nSPS) is 17.0. The molecule has 2 heterocycles. The Balaban J connectivity index is 1.75. The number of nitrogens with zero attached hydrogens (tertiary/aromatic N) is 3. The lowest BCUT2D eigenvalue weighted by Crippen LogP contribution is -2.45. The molecule has 1 fully saturated rings. The number of furan rings is 1. The monoisotopic (exact) mass is 437 g/mol. The van der Waals surface area contributed by atoms with Crippen molar-refractivity contribution < 1.29 is 17.6 Å². The van der Waals surface area contributed by atoms with Crippen LogP contribution in [0.15, 0.2) is 39.7 Å². The van der Waals surface area contributed by atoms with Gasteiger partial charge in [0.1, 0.15) is 11.5 Å². The van der Waals surface area contributed by atoms with Gasteiger partial charge < -0.3 is 24.9 Å². The van der Waals surface area contributed by atoms with Crippen LogP contribution < -0.4 is 15.5 Å². The predicted molar refractivity (Wildman–Crippen MR) is 116 cm³/mol. The molecule has 0 bridgehead atoms. The molecule has 1 aromatic carbocycles. The molecule has 1 unspecified atom stereocenters. The van der Waals surface area contributed by atoms with Crippen molar-refractivity contribution in [2.45, 2.75) is 32.6 Å². The third kappa shape index (κ3) is 5.94. The molecule has 0 aliphatic carbocycles. The van der Waals surface area contributed by atoms with Crippen LogP contribution >= 0.6 is 0 Å². The molecule has 1 saturated heterocycles. The van der Waals surface area contributed by atoms with Crippen molar-refractivity contribution >= 4 is 11.6 Å². The van der Waals surface area contributed by atoms with Crippen LogP contribution in [0.3, 0.4) is 0 Å². The van der Waals surface area contributed by atoms with E-state index >= 15 is 0 Å². The fourth-order valence-electron chi connectivity index (χ4n) is 3.60. The van der Waals surface area contributed by atoms with Crippen LogP contribution in [0.5, 0.6) is 0 Å².